The van der Waals surface area contributed by atoms with Gasteiger partial charge in [0.2, 0.25) is 0 Å². The van der Waals surface area contributed by atoms with Crippen molar-refractivity contribution in [2.24, 2.45) is 0 Å². The van der Waals surface area contributed by atoms with E-state index >= 15 is 0 Å². The molecule has 2 atom stereocenters. The quantitative estimate of drug-likeness (QED) is 0.461. The Labute approximate surface area is 96.7 Å². The second-order valence-corrected chi connectivity index (χ2v) is 3.06. The number of ether oxygens (including phenoxy) is 5. The molecule has 0 unspecified atom stereocenters. The molecule has 0 aromatic heterocycles. The topological polar surface area (TPSA) is 97.4 Å². The summed E-state index contributed by atoms with van der Waals surface area (Å²) in [4.78, 5) is 33.3. The standard InChI is InChI=1S/C9H12O8/c1-4(10)15-9-16-5(7(11)13-2)6(17-9)8(12)14-3/h5-6,9H,1-3H3/t5-,6-/m1/s1. The van der Waals surface area contributed by atoms with Crippen LogP contribution in [0.3, 0.4) is 0 Å². The molecule has 0 bridgehead atoms. The molecule has 1 aliphatic heterocycles. The zero-order valence-electron chi connectivity index (χ0n) is 9.50. The fourth-order valence-corrected chi connectivity index (χ4v) is 1.20. The van der Waals surface area contributed by atoms with Crippen LogP contribution in [-0.2, 0) is 38.1 Å². The summed E-state index contributed by atoms with van der Waals surface area (Å²) in [5.41, 5.74) is 0. The Morgan fingerprint density at radius 1 is 0.941 bits per heavy atom. The van der Waals surface area contributed by atoms with Gasteiger partial charge in [0.1, 0.15) is 0 Å². The Hall–Kier alpha value is -1.67. The summed E-state index contributed by atoms with van der Waals surface area (Å²) in [6.45, 7) is -0.300. The molecule has 1 fully saturated rings. The van der Waals surface area contributed by atoms with Gasteiger partial charge in [0.05, 0.1) is 14.2 Å². The minimum atomic E-state index is -1.43. The molecular formula is C9H12O8. The van der Waals surface area contributed by atoms with E-state index in [1.54, 1.807) is 0 Å². The summed E-state index contributed by atoms with van der Waals surface area (Å²) in [5, 5.41) is 0. The van der Waals surface area contributed by atoms with Crippen molar-refractivity contribution >= 4 is 17.9 Å². The van der Waals surface area contributed by atoms with E-state index in [0.29, 0.717) is 0 Å². The molecule has 0 aliphatic carbocycles. The molecular weight excluding hydrogens is 236 g/mol. The maximum Gasteiger partial charge on any atom is 0.338 e. The summed E-state index contributed by atoms with van der Waals surface area (Å²) >= 11 is 0. The molecule has 17 heavy (non-hydrogen) atoms. The lowest BCUT2D eigenvalue weighted by Gasteiger charge is -2.11. The molecule has 96 valence electrons. The summed E-state index contributed by atoms with van der Waals surface area (Å²) < 4.78 is 23.2. The van der Waals surface area contributed by atoms with E-state index in [1.807, 2.05) is 0 Å². The molecule has 1 saturated heterocycles. The highest BCUT2D eigenvalue weighted by molar-refractivity contribution is 5.86. The molecule has 0 aromatic rings. The normalized spacial score (nSPS) is 24.2. The Bertz CT molecular complexity index is 301. The van der Waals surface area contributed by atoms with E-state index in [-0.39, 0.29) is 0 Å². The van der Waals surface area contributed by atoms with Crippen LogP contribution in [0.4, 0.5) is 0 Å². The fraction of sp³-hybridized carbons (Fsp3) is 0.667. The van der Waals surface area contributed by atoms with Gasteiger partial charge in [-0.3, -0.25) is 4.79 Å². The van der Waals surface area contributed by atoms with Crippen molar-refractivity contribution < 1.29 is 38.1 Å². The average molecular weight is 248 g/mol. The molecule has 1 rings (SSSR count). The first-order chi connectivity index (χ1) is 7.99. The molecule has 1 aliphatic rings. The highest BCUT2D eigenvalue weighted by Gasteiger charge is 2.48. The van der Waals surface area contributed by atoms with E-state index in [0.717, 1.165) is 21.1 Å². The third-order valence-electron chi connectivity index (χ3n) is 1.92. The highest BCUT2D eigenvalue weighted by atomic mass is 16.9. The number of hydrogen-bond donors (Lipinski definition) is 0. The van der Waals surface area contributed by atoms with Gasteiger partial charge in [-0.25, -0.2) is 9.59 Å². The third kappa shape index (κ3) is 3.14. The van der Waals surface area contributed by atoms with Crippen LogP contribution in [0.15, 0.2) is 0 Å². The minimum absolute atomic E-state index is 0.677. The lowest BCUT2D eigenvalue weighted by atomic mass is 10.2. The van der Waals surface area contributed by atoms with E-state index in [9.17, 15) is 14.4 Å². The van der Waals surface area contributed by atoms with Crippen molar-refractivity contribution in [3.8, 4) is 0 Å². The number of esters is 3. The van der Waals surface area contributed by atoms with Crippen molar-refractivity contribution in [3.63, 3.8) is 0 Å². The number of carbonyl (C=O) groups is 3. The van der Waals surface area contributed by atoms with Crippen LogP contribution in [0.1, 0.15) is 6.92 Å². The van der Waals surface area contributed by atoms with E-state index < -0.39 is 36.6 Å². The Balaban J connectivity index is 2.75. The number of rotatable bonds is 3. The van der Waals surface area contributed by atoms with Gasteiger partial charge in [-0.2, -0.15) is 0 Å². The minimum Gasteiger partial charge on any atom is -0.467 e. The lowest BCUT2D eigenvalue weighted by Crippen LogP contribution is -2.38. The van der Waals surface area contributed by atoms with Crippen LogP contribution in [-0.4, -0.2) is 50.8 Å². The molecule has 0 amide bonds. The van der Waals surface area contributed by atoms with E-state index in [4.69, 9.17) is 9.47 Å². The molecule has 8 nitrogen and oxygen atoms in total. The molecule has 0 N–H and O–H groups in total. The van der Waals surface area contributed by atoms with Crippen LogP contribution in [0.2, 0.25) is 0 Å². The monoisotopic (exact) mass is 248 g/mol. The number of methoxy groups -OCH3 is 2. The molecule has 1 heterocycles. The van der Waals surface area contributed by atoms with Crippen molar-refractivity contribution in [1.29, 1.82) is 0 Å². The van der Waals surface area contributed by atoms with Crippen molar-refractivity contribution in [2.45, 2.75) is 25.6 Å². The zero-order valence-corrected chi connectivity index (χ0v) is 9.50. The van der Waals surface area contributed by atoms with Crippen LogP contribution in [0, 0.1) is 0 Å². The van der Waals surface area contributed by atoms with Gasteiger partial charge in [-0.05, 0) is 0 Å². The largest absolute Gasteiger partial charge is 0.467 e. The molecule has 0 spiro atoms. The first-order valence-corrected chi connectivity index (χ1v) is 4.63. The van der Waals surface area contributed by atoms with Gasteiger partial charge in [0.25, 0.3) is 0 Å². The predicted octanol–water partition coefficient (Wildman–Crippen LogP) is -1.04. The maximum atomic E-state index is 11.3. The van der Waals surface area contributed by atoms with Crippen molar-refractivity contribution in [1.82, 2.24) is 0 Å². The van der Waals surface area contributed by atoms with Crippen molar-refractivity contribution in [3.05, 3.63) is 0 Å². The summed E-state index contributed by atoms with van der Waals surface area (Å²) in [6, 6.07) is 0. The van der Waals surface area contributed by atoms with Crippen LogP contribution in [0.5, 0.6) is 0 Å². The fourth-order valence-electron chi connectivity index (χ4n) is 1.20. The van der Waals surface area contributed by atoms with Gasteiger partial charge < -0.3 is 23.7 Å². The van der Waals surface area contributed by atoms with Gasteiger partial charge in [-0.15, -0.1) is 0 Å². The Morgan fingerprint density at radius 3 is 1.65 bits per heavy atom. The highest BCUT2D eigenvalue weighted by Crippen LogP contribution is 2.22. The second kappa shape index (κ2) is 5.60. The molecule has 0 aromatic carbocycles. The smallest absolute Gasteiger partial charge is 0.338 e. The lowest BCUT2D eigenvalue weighted by molar-refractivity contribution is -0.237. The maximum absolute atomic E-state index is 11.3. The van der Waals surface area contributed by atoms with E-state index in [1.165, 1.54) is 0 Å². The zero-order chi connectivity index (χ0) is 13.0. The molecule has 0 radical (unpaired) electrons. The third-order valence-corrected chi connectivity index (χ3v) is 1.92. The number of carbonyl (C=O) groups excluding carboxylic acids is 3. The van der Waals surface area contributed by atoms with Crippen LogP contribution >= 0.6 is 0 Å². The second-order valence-electron chi connectivity index (χ2n) is 3.06. The van der Waals surface area contributed by atoms with Gasteiger partial charge in [0, 0.05) is 6.92 Å². The first kappa shape index (κ1) is 13.4. The summed E-state index contributed by atoms with van der Waals surface area (Å²) in [6.07, 6.45) is -2.64. The predicted molar refractivity (Wildman–Crippen MR) is 49.3 cm³/mol. The van der Waals surface area contributed by atoms with E-state index in [2.05, 4.69) is 14.2 Å². The van der Waals surface area contributed by atoms with Gasteiger partial charge in [0.15, 0.2) is 12.2 Å². The Morgan fingerprint density at radius 2 is 1.35 bits per heavy atom. The summed E-state index contributed by atoms with van der Waals surface area (Å²) in [7, 11) is 2.25. The Kier molecular flexibility index (Phi) is 4.41. The van der Waals surface area contributed by atoms with Crippen LogP contribution in [0.25, 0.3) is 0 Å². The number of hydrogen-bond acceptors (Lipinski definition) is 8. The summed E-state index contributed by atoms with van der Waals surface area (Å²) in [5.74, 6) is -2.32. The van der Waals surface area contributed by atoms with Gasteiger partial charge in [-0.1, -0.05) is 0 Å². The van der Waals surface area contributed by atoms with Gasteiger partial charge >= 0.3 is 24.4 Å². The average Bonchev–Trinajstić information content (AvgIpc) is 2.69. The molecule has 8 heteroatoms. The molecule has 0 saturated carbocycles. The van der Waals surface area contributed by atoms with Crippen molar-refractivity contribution in [2.75, 3.05) is 14.2 Å². The van der Waals surface area contributed by atoms with Crippen LogP contribution < -0.4 is 0 Å². The first-order valence-electron chi connectivity index (χ1n) is 4.63. The SMILES string of the molecule is COC(=O)[C@@H]1OC(OC(C)=O)O[C@H]1C(=O)OC.